The molecule has 0 bridgehead atoms. The lowest BCUT2D eigenvalue weighted by Crippen LogP contribution is -2.26. The highest BCUT2D eigenvalue weighted by Gasteiger charge is 2.19. The SMILES string of the molecule is CC(=O)Nc1ncc(S(=O)(=O)NCc2nc(N(C)C)nc(N(C)C)n2)s1. The summed E-state index contributed by atoms with van der Waals surface area (Å²) in [6, 6.07) is 0. The molecule has 0 aliphatic heterocycles. The van der Waals surface area contributed by atoms with Crippen molar-refractivity contribution >= 4 is 44.3 Å². The topological polar surface area (TPSA) is 133 Å². The third-order valence-electron chi connectivity index (χ3n) is 2.91. The number of anilines is 3. The van der Waals surface area contributed by atoms with Gasteiger partial charge >= 0.3 is 0 Å². The lowest BCUT2D eigenvalue weighted by molar-refractivity contribution is -0.114. The van der Waals surface area contributed by atoms with E-state index < -0.39 is 10.0 Å². The van der Waals surface area contributed by atoms with Crippen LogP contribution in [0.4, 0.5) is 17.0 Å². The maximum absolute atomic E-state index is 12.4. The van der Waals surface area contributed by atoms with Crippen LogP contribution in [-0.2, 0) is 21.4 Å². The van der Waals surface area contributed by atoms with Gasteiger partial charge in [0.25, 0.3) is 10.0 Å². The molecule has 0 atom stereocenters. The van der Waals surface area contributed by atoms with Crippen molar-refractivity contribution in [1.29, 1.82) is 0 Å². The second kappa shape index (κ2) is 7.88. The number of sulfonamides is 1. The quantitative estimate of drug-likeness (QED) is 0.653. The summed E-state index contributed by atoms with van der Waals surface area (Å²) in [5, 5.41) is 2.65. The second-order valence-corrected chi connectivity index (χ2v) is 8.66. The molecule has 0 aliphatic carbocycles. The molecule has 2 rings (SSSR count). The standard InChI is InChI=1S/C13H20N8O3S2/c1-8(22)16-13-14-7-10(25-13)26(23,24)15-6-9-17-11(20(2)3)19-12(18-9)21(4)5/h7,15H,6H2,1-5H3,(H,14,16,22). The highest BCUT2D eigenvalue weighted by molar-refractivity contribution is 7.91. The minimum atomic E-state index is -3.81. The Morgan fingerprint density at radius 1 is 1.12 bits per heavy atom. The summed E-state index contributed by atoms with van der Waals surface area (Å²) in [5.74, 6) is 0.795. The largest absolute Gasteiger partial charge is 0.347 e. The Morgan fingerprint density at radius 2 is 1.69 bits per heavy atom. The summed E-state index contributed by atoms with van der Waals surface area (Å²) in [6.07, 6.45) is 1.18. The number of aromatic nitrogens is 4. The molecule has 13 heteroatoms. The highest BCUT2D eigenvalue weighted by Crippen LogP contribution is 2.22. The van der Waals surface area contributed by atoms with Crippen molar-refractivity contribution in [3.8, 4) is 0 Å². The van der Waals surface area contributed by atoms with Crippen LogP contribution in [0.15, 0.2) is 10.4 Å². The van der Waals surface area contributed by atoms with E-state index in [2.05, 4.69) is 30.0 Å². The number of hydrogen-bond acceptors (Lipinski definition) is 10. The van der Waals surface area contributed by atoms with Crippen molar-refractivity contribution in [3.05, 3.63) is 12.0 Å². The number of thiazole rings is 1. The molecule has 2 heterocycles. The first-order valence-electron chi connectivity index (χ1n) is 7.41. The van der Waals surface area contributed by atoms with Crippen LogP contribution in [0.25, 0.3) is 0 Å². The lowest BCUT2D eigenvalue weighted by Gasteiger charge is -2.16. The van der Waals surface area contributed by atoms with Crippen molar-refractivity contribution in [3.63, 3.8) is 0 Å². The monoisotopic (exact) mass is 400 g/mol. The fraction of sp³-hybridized carbons (Fsp3) is 0.462. The maximum atomic E-state index is 12.4. The average Bonchev–Trinajstić information content (AvgIpc) is 3.01. The molecule has 0 spiro atoms. The zero-order chi connectivity index (χ0) is 19.5. The molecule has 0 aliphatic rings. The van der Waals surface area contributed by atoms with E-state index in [4.69, 9.17) is 0 Å². The van der Waals surface area contributed by atoms with E-state index in [1.165, 1.54) is 13.1 Å². The number of rotatable bonds is 7. The molecule has 0 saturated carbocycles. The minimum Gasteiger partial charge on any atom is -0.347 e. The average molecular weight is 400 g/mol. The van der Waals surface area contributed by atoms with Crippen molar-refractivity contribution in [2.75, 3.05) is 43.3 Å². The predicted octanol–water partition coefficient (Wildman–Crippen LogP) is -0.103. The number of hydrogen-bond donors (Lipinski definition) is 2. The van der Waals surface area contributed by atoms with Crippen molar-refractivity contribution in [1.82, 2.24) is 24.7 Å². The third kappa shape index (κ3) is 5.06. The summed E-state index contributed by atoms with van der Waals surface area (Å²) in [5.41, 5.74) is 0. The summed E-state index contributed by atoms with van der Waals surface area (Å²) in [7, 11) is 3.31. The molecule has 2 aromatic rings. The summed E-state index contributed by atoms with van der Waals surface area (Å²) in [6.45, 7) is 1.21. The van der Waals surface area contributed by atoms with Gasteiger partial charge in [-0.15, -0.1) is 0 Å². The second-order valence-electron chi connectivity index (χ2n) is 5.63. The number of carbonyl (C=O) groups excluding carboxylic acids is 1. The zero-order valence-corrected chi connectivity index (χ0v) is 16.6. The highest BCUT2D eigenvalue weighted by atomic mass is 32.2. The molecular weight excluding hydrogens is 380 g/mol. The Morgan fingerprint density at radius 3 is 2.19 bits per heavy atom. The first-order valence-corrected chi connectivity index (χ1v) is 9.71. The molecule has 0 fully saturated rings. The van der Waals surface area contributed by atoms with Crippen LogP contribution < -0.4 is 19.8 Å². The predicted molar refractivity (Wildman–Crippen MR) is 98.9 cm³/mol. The molecule has 26 heavy (non-hydrogen) atoms. The molecule has 11 nitrogen and oxygen atoms in total. The van der Waals surface area contributed by atoms with E-state index >= 15 is 0 Å². The van der Waals surface area contributed by atoms with Gasteiger partial charge in [-0.2, -0.15) is 15.0 Å². The van der Waals surface area contributed by atoms with Gasteiger partial charge in [0.05, 0.1) is 12.7 Å². The van der Waals surface area contributed by atoms with Crippen molar-refractivity contribution in [2.24, 2.45) is 0 Å². The molecule has 142 valence electrons. The van der Waals surface area contributed by atoms with Gasteiger partial charge in [-0.25, -0.2) is 18.1 Å². The van der Waals surface area contributed by atoms with Crippen molar-refractivity contribution < 1.29 is 13.2 Å². The number of amides is 1. The molecule has 0 unspecified atom stereocenters. The van der Waals surface area contributed by atoms with Gasteiger partial charge < -0.3 is 15.1 Å². The van der Waals surface area contributed by atoms with Crippen LogP contribution in [0.1, 0.15) is 12.7 Å². The Balaban J connectivity index is 2.18. The normalized spacial score (nSPS) is 11.3. The zero-order valence-electron chi connectivity index (χ0n) is 15.0. The molecule has 0 radical (unpaired) electrons. The van der Waals surface area contributed by atoms with Gasteiger partial charge in [-0.1, -0.05) is 11.3 Å². The van der Waals surface area contributed by atoms with Crippen molar-refractivity contribution in [2.45, 2.75) is 17.7 Å². The van der Waals surface area contributed by atoms with Crippen LogP contribution >= 0.6 is 11.3 Å². The molecule has 1 amide bonds. The van der Waals surface area contributed by atoms with Gasteiger partial charge in [0.1, 0.15) is 0 Å². The first-order chi connectivity index (χ1) is 12.1. The van der Waals surface area contributed by atoms with Crippen LogP contribution in [0.5, 0.6) is 0 Å². The lowest BCUT2D eigenvalue weighted by atomic mass is 10.6. The summed E-state index contributed by atoms with van der Waals surface area (Å²) in [4.78, 5) is 31.0. The van der Waals surface area contributed by atoms with Gasteiger partial charge in [0.2, 0.25) is 17.8 Å². The fourth-order valence-electron chi connectivity index (χ4n) is 1.70. The Hall–Kier alpha value is -2.38. The van der Waals surface area contributed by atoms with Crippen LogP contribution in [-0.4, -0.2) is 62.5 Å². The van der Waals surface area contributed by atoms with Gasteiger partial charge in [0.15, 0.2) is 15.2 Å². The fourth-order valence-corrected chi connectivity index (χ4v) is 3.80. The summed E-state index contributed by atoms with van der Waals surface area (Å²) < 4.78 is 27.2. The number of carbonyl (C=O) groups is 1. The molecular formula is C13H20N8O3S2. The van der Waals surface area contributed by atoms with Gasteiger partial charge in [-0.3, -0.25) is 4.79 Å². The Bertz CT molecular complexity index is 868. The van der Waals surface area contributed by atoms with E-state index in [9.17, 15) is 13.2 Å². The minimum absolute atomic E-state index is 0.0176. The van der Waals surface area contributed by atoms with Crippen LogP contribution in [0.3, 0.4) is 0 Å². The maximum Gasteiger partial charge on any atom is 0.252 e. The molecule has 0 aromatic carbocycles. The van der Waals surface area contributed by atoms with Gasteiger partial charge in [-0.05, 0) is 0 Å². The molecule has 2 N–H and O–H groups in total. The van der Waals surface area contributed by atoms with Crippen LogP contribution in [0.2, 0.25) is 0 Å². The summed E-state index contributed by atoms with van der Waals surface area (Å²) >= 11 is 0.856. The van der Waals surface area contributed by atoms with E-state index in [0.717, 1.165) is 11.3 Å². The van der Waals surface area contributed by atoms with E-state index in [1.54, 1.807) is 38.0 Å². The molecule has 0 saturated heterocycles. The smallest absolute Gasteiger partial charge is 0.252 e. The third-order valence-corrected chi connectivity index (χ3v) is 5.69. The number of nitrogens with one attached hydrogen (secondary N) is 2. The Kier molecular flexibility index (Phi) is 6.05. The van der Waals surface area contributed by atoms with E-state index in [-0.39, 0.29) is 27.6 Å². The van der Waals surface area contributed by atoms with E-state index in [0.29, 0.717) is 11.9 Å². The van der Waals surface area contributed by atoms with Gasteiger partial charge in [0, 0.05) is 35.1 Å². The molecule has 2 aromatic heterocycles. The van der Waals surface area contributed by atoms with Crippen LogP contribution in [0, 0.1) is 0 Å². The number of nitrogens with zero attached hydrogens (tertiary/aromatic N) is 6. The Labute approximate surface area is 155 Å². The van der Waals surface area contributed by atoms with E-state index in [1.807, 2.05) is 0 Å². The first kappa shape index (κ1) is 19.9.